The Hall–Kier alpha value is -0.730. The van der Waals surface area contributed by atoms with Crippen molar-refractivity contribution in [2.75, 3.05) is 20.3 Å². The van der Waals surface area contributed by atoms with Gasteiger partial charge in [0.05, 0.1) is 13.0 Å². The largest absolute Gasteiger partial charge is 0.466 e. The van der Waals surface area contributed by atoms with Crippen LogP contribution in [0.5, 0.6) is 0 Å². The van der Waals surface area contributed by atoms with E-state index in [-0.39, 0.29) is 36.7 Å². The number of methoxy groups -OCH3 is 1. The first-order valence-corrected chi connectivity index (χ1v) is 14.8. The van der Waals surface area contributed by atoms with E-state index in [1.54, 1.807) is 7.11 Å². The van der Waals surface area contributed by atoms with Crippen LogP contribution in [0, 0.1) is 0 Å². The van der Waals surface area contributed by atoms with Gasteiger partial charge >= 0.3 is 5.97 Å². The van der Waals surface area contributed by atoms with Crippen molar-refractivity contribution < 1.29 is 28.5 Å². The molecule has 2 heterocycles. The first-order valence-electron chi connectivity index (χ1n) is 14.8. The fourth-order valence-corrected chi connectivity index (χ4v) is 5.41. The lowest BCUT2D eigenvalue weighted by atomic mass is 10.00. The van der Waals surface area contributed by atoms with Gasteiger partial charge in [0.2, 0.25) is 0 Å². The summed E-state index contributed by atoms with van der Waals surface area (Å²) in [6, 6.07) is -0.211. The Kier molecular flexibility index (Phi) is 15.5. The highest BCUT2D eigenvalue weighted by Crippen LogP contribution is 2.39. The van der Waals surface area contributed by atoms with E-state index in [1.165, 1.54) is 83.5 Å². The van der Waals surface area contributed by atoms with Crippen LogP contribution in [0.3, 0.4) is 0 Å². The van der Waals surface area contributed by atoms with Gasteiger partial charge in [0.15, 0.2) is 12.1 Å². The Labute approximate surface area is 220 Å². The predicted molar refractivity (Wildman–Crippen MR) is 143 cm³/mol. The molecule has 0 aromatic rings. The molecule has 7 heteroatoms. The summed E-state index contributed by atoms with van der Waals surface area (Å²) in [7, 11) is 1.66. The molecule has 2 aliphatic rings. The van der Waals surface area contributed by atoms with Gasteiger partial charge in [0.1, 0.15) is 18.3 Å². The molecule has 0 bridgehead atoms. The van der Waals surface area contributed by atoms with E-state index in [4.69, 9.17) is 23.7 Å². The number of carbonyl (C=O) groups excluding carboxylic acids is 1. The van der Waals surface area contributed by atoms with Crippen molar-refractivity contribution in [1.29, 1.82) is 0 Å². The Balaban J connectivity index is 1.62. The first-order chi connectivity index (χ1) is 17.4. The van der Waals surface area contributed by atoms with Gasteiger partial charge in [0, 0.05) is 13.2 Å². The Morgan fingerprint density at radius 3 is 1.94 bits per heavy atom. The van der Waals surface area contributed by atoms with Crippen molar-refractivity contribution in [1.82, 2.24) is 5.32 Å². The average molecular weight is 514 g/mol. The molecule has 1 N–H and O–H groups in total. The van der Waals surface area contributed by atoms with E-state index >= 15 is 0 Å². The molecule has 2 aliphatic heterocycles. The van der Waals surface area contributed by atoms with Gasteiger partial charge in [-0.15, -0.1) is 0 Å². The van der Waals surface area contributed by atoms with Gasteiger partial charge in [0.25, 0.3) is 0 Å². The number of esters is 1. The molecule has 2 rings (SSSR count). The standard InChI is InChI=1S/C29H55NO6/c1-6-8-9-10-11-12-13-14-15-16-17-18-19-20-21-30-23(22-24(31)33-7-2)25-26(32-5)27-28(34-25)36-29(3,4)35-27/h23,25-28,30H,6-22H2,1-5H3/t23-,25+,26-,27+,28+/m0/s1. The molecular weight excluding hydrogens is 458 g/mol. The number of hydrogen-bond acceptors (Lipinski definition) is 7. The Bertz CT molecular complexity index is 586. The fourth-order valence-electron chi connectivity index (χ4n) is 5.41. The highest BCUT2D eigenvalue weighted by atomic mass is 16.8. The van der Waals surface area contributed by atoms with E-state index in [0.717, 1.165) is 13.0 Å². The van der Waals surface area contributed by atoms with Crippen LogP contribution < -0.4 is 5.32 Å². The van der Waals surface area contributed by atoms with Crippen LogP contribution in [-0.2, 0) is 28.5 Å². The number of hydrogen-bond donors (Lipinski definition) is 1. The SMILES string of the molecule is CCCCCCCCCCCCCCCCN[C@@H](CC(=O)OCC)[C@H]1O[C@@H]2OC(C)(C)O[C@@H]2[C@H]1OC. The van der Waals surface area contributed by atoms with Gasteiger partial charge in [-0.25, -0.2) is 0 Å². The van der Waals surface area contributed by atoms with E-state index in [2.05, 4.69) is 12.2 Å². The molecule has 0 aromatic carbocycles. The quantitative estimate of drug-likeness (QED) is 0.143. The molecule has 0 aliphatic carbocycles. The summed E-state index contributed by atoms with van der Waals surface area (Å²) >= 11 is 0. The molecule has 2 saturated heterocycles. The maximum absolute atomic E-state index is 12.3. The van der Waals surface area contributed by atoms with Crippen LogP contribution in [-0.4, -0.2) is 62.7 Å². The number of carbonyl (C=O) groups is 1. The lowest BCUT2D eigenvalue weighted by molar-refractivity contribution is -0.220. The topological polar surface area (TPSA) is 75.3 Å². The van der Waals surface area contributed by atoms with Crippen molar-refractivity contribution in [3.05, 3.63) is 0 Å². The second kappa shape index (κ2) is 17.7. The molecular formula is C29H55NO6. The zero-order valence-corrected chi connectivity index (χ0v) is 23.9. The van der Waals surface area contributed by atoms with Crippen molar-refractivity contribution in [2.24, 2.45) is 0 Å². The van der Waals surface area contributed by atoms with Crippen molar-refractivity contribution in [3.63, 3.8) is 0 Å². The molecule has 5 atom stereocenters. The van der Waals surface area contributed by atoms with Crippen LogP contribution in [0.15, 0.2) is 0 Å². The smallest absolute Gasteiger partial charge is 0.307 e. The minimum Gasteiger partial charge on any atom is -0.466 e. The van der Waals surface area contributed by atoms with E-state index < -0.39 is 12.1 Å². The zero-order valence-electron chi connectivity index (χ0n) is 23.9. The number of unbranched alkanes of at least 4 members (excludes halogenated alkanes) is 13. The predicted octanol–water partition coefficient (Wildman–Crippen LogP) is 6.27. The third-order valence-electron chi connectivity index (χ3n) is 7.32. The second-order valence-electron chi connectivity index (χ2n) is 10.9. The van der Waals surface area contributed by atoms with Gasteiger partial charge in [-0.3, -0.25) is 4.79 Å². The second-order valence-corrected chi connectivity index (χ2v) is 10.9. The van der Waals surface area contributed by atoms with Gasteiger partial charge in [-0.05, 0) is 33.7 Å². The van der Waals surface area contributed by atoms with Crippen molar-refractivity contribution in [3.8, 4) is 0 Å². The third-order valence-corrected chi connectivity index (χ3v) is 7.32. The maximum atomic E-state index is 12.3. The van der Waals surface area contributed by atoms with Crippen molar-refractivity contribution >= 4 is 5.97 Å². The Morgan fingerprint density at radius 2 is 1.42 bits per heavy atom. The van der Waals surface area contributed by atoms with E-state index in [0.29, 0.717) is 6.61 Å². The monoisotopic (exact) mass is 513 g/mol. The minimum absolute atomic E-state index is 0.211. The molecule has 36 heavy (non-hydrogen) atoms. The highest BCUT2D eigenvalue weighted by molar-refractivity contribution is 5.70. The van der Waals surface area contributed by atoms with Crippen LogP contribution >= 0.6 is 0 Å². The molecule has 0 aromatic heterocycles. The maximum Gasteiger partial charge on any atom is 0.307 e. The molecule has 212 valence electrons. The lowest BCUT2D eigenvalue weighted by Crippen LogP contribution is -2.49. The lowest BCUT2D eigenvalue weighted by Gasteiger charge is -2.30. The summed E-state index contributed by atoms with van der Waals surface area (Å²) < 4.78 is 29.1. The van der Waals surface area contributed by atoms with Crippen LogP contribution in [0.2, 0.25) is 0 Å². The Morgan fingerprint density at radius 1 is 0.861 bits per heavy atom. The zero-order chi connectivity index (χ0) is 26.2. The van der Waals surface area contributed by atoms with Crippen LogP contribution in [0.25, 0.3) is 0 Å². The minimum atomic E-state index is -0.699. The number of fused-ring (bicyclic) bond motifs is 1. The highest BCUT2D eigenvalue weighted by Gasteiger charge is 2.56. The molecule has 0 amide bonds. The first kappa shape index (κ1) is 31.5. The molecule has 0 saturated carbocycles. The summed E-state index contributed by atoms with van der Waals surface area (Å²) in [4.78, 5) is 12.3. The van der Waals surface area contributed by atoms with E-state index in [1.807, 2.05) is 20.8 Å². The molecule has 0 unspecified atom stereocenters. The summed E-state index contributed by atoms with van der Waals surface area (Å²) in [5.74, 6) is -0.927. The third kappa shape index (κ3) is 11.3. The number of ether oxygens (including phenoxy) is 5. The van der Waals surface area contributed by atoms with E-state index in [9.17, 15) is 4.79 Å². The van der Waals surface area contributed by atoms with Gasteiger partial charge in [-0.2, -0.15) is 0 Å². The molecule has 7 nitrogen and oxygen atoms in total. The number of nitrogens with one attached hydrogen (secondary N) is 1. The van der Waals surface area contributed by atoms with Crippen molar-refractivity contribution in [2.45, 2.75) is 160 Å². The van der Waals surface area contributed by atoms with Gasteiger partial charge in [-0.1, -0.05) is 90.4 Å². The average Bonchev–Trinajstić information content (AvgIpc) is 3.32. The van der Waals surface area contributed by atoms with Crippen LogP contribution in [0.4, 0.5) is 0 Å². The summed E-state index contributed by atoms with van der Waals surface area (Å²) in [5, 5.41) is 3.55. The van der Waals surface area contributed by atoms with Gasteiger partial charge < -0.3 is 29.0 Å². The normalized spacial score (nSPS) is 25.7. The molecule has 2 fully saturated rings. The summed E-state index contributed by atoms with van der Waals surface area (Å²) in [6.45, 7) is 9.06. The number of rotatable bonds is 21. The fraction of sp³-hybridized carbons (Fsp3) is 0.966. The molecule has 0 spiro atoms. The van der Waals surface area contributed by atoms with Crippen LogP contribution in [0.1, 0.15) is 124 Å². The molecule has 0 radical (unpaired) electrons. The summed E-state index contributed by atoms with van der Waals surface area (Å²) in [6.07, 6.45) is 17.6. The summed E-state index contributed by atoms with van der Waals surface area (Å²) in [5.41, 5.74) is 0.